The standard InChI is InChI=1S/C15H16BrNO3S2/c16-11-1-4-14(5-2-11)21-15-6-3-13(20-15)9-17-12-7-8-22(18,19)10-12/h1-6,12,17H,7-10H2/t12-/m1/s1. The van der Waals surface area contributed by atoms with Crippen LogP contribution in [0.3, 0.4) is 0 Å². The Morgan fingerprint density at radius 3 is 2.68 bits per heavy atom. The van der Waals surface area contributed by atoms with Gasteiger partial charge in [0.1, 0.15) is 5.76 Å². The third-order valence-corrected chi connectivity index (χ3v) is 6.69. The number of furan rings is 1. The van der Waals surface area contributed by atoms with E-state index < -0.39 is 9.84 Å². The number of benzene rings is 1. The van der Waals surface area contributed by atoms with Crippen LogP contribution in [0.5, 0.6) is 0 Å². The van der Waals surface area contributed by atoms with Gasteiger partial charge in [-0.1, -0.05) is 27.7 Å². The summed E-state index contributed by atoms with van der Waals surface area (Å²) in [6.07, 6.45) is 0.684. The van der Waals surface area contributed by atoms with Gasteiger partial charge in [0.15, 0.2) is 14.9 Å². The predicted octanol–water partition coefficient (Wildman–Crippen LogP) is 3.47. The molecule has 22 heavy (non-hydrogen) atoms. The maximum Gasteiger partial charge on any atom is 0.165 e. The molecule has 1 aromatic carbocycles. The van der Waals surface area contributed by atoms with Gasteiger partial charge in [-0.25, -0.2) is 8.42 Å². The molecule has 4 nitrogen and oxygen atoms in total. The second kappa shape index (κ2) is 6.78. The van der Waals surface area contributed by atoms with Crippen molar-refractivity contribution in [3.05, 3.63) is 46.6 Å². The van der Waals surface area contributed by atoms with Crippen molar-refractivity contribution in [2.75, 3.05) is 11.5 Å². The van der Waals surface area contributed by atoms with E-state index in [1.54, 1.807) is 11.8 Å². The molecule has 0 radical (unpaired) electrons. The van der Waals surface area contributed by atoms with E-state index >= 15 is 0 Å². The van der Waals surface area contributed by atoms with Gasteiger partial charge in [-0.15, -0.1) is 0 Å². The summed E-state index contributed by atoms with van der Waals surface area (Å²) in [5.74, 6) is 1.34. The quantitative estimate of drug-likeness (QED) is 0.830. The molecule has 0 aliphatic carbocycles. The Labute approximate surface area is 142 Å². The van der Waals surface area contributed by atoms with Crippen LogP contribution in [0.25, 0.3) is 0 Å². The molecule has 1 saturated heterocycles. The Bertz CT molecular complexity index is 740. The topological polar surface area (TPSA) is 59.3 Å². The molecule has 0 amide bonds. The van der Waals surface area contributed by atoms with E-state index in [0.717, 1.165) is 20.2 Å². The van der Waals surface area contributed by atoms with Gasteiger partial charge in [0.25, 0.3) is 0 Å². The Hall–Kier alpha value is -0.760. The Morgan fingerprint density at radius 1 is 1.23 bits per heavy atom. The van der Waals surface area contributed by atoms with Gasteiger partial charge >= 0.3 is 0 Å². The molecule has 1 aliphatic rings. The first kappa shape index (κ1) is 16.1. The summed E-state index contributed by atoms with van der Waals surface area (Å²) >= 11 is 4.98. The summed E-state index contributed by atoms with van der Waals surface area (Å²) in [6, 6.07) is 11.9. The minimum absolute atomic E-state index is 0.0395. The molecule has 1 fully saturated rings. The molecular formula is C15H16BrNO3S2. The van der Waals surface area contributed by atoms with Crippen LogP contribution in [0.1, 0.15) is 12.2 Å². The molecule has 0 bridgehead atoms. The highest BCUT2D eigenvalue weighted by Crippen LogP contribution is 2.30. The van der Waals surface area contributed by atoms with Crippen LogP contribution in [0.15, 0.2) is 55.3 Å². The van der Waals surface area contributed by atoms with E-state index in [4.69, 9.17) is 4.42 Å². The maximum absolute atomic E-state index is 11.4. The molecule has 0 unspecified atom stereocenters. The van der Waals surface area contributed by atoms with Crippen LogP contribution in [-0.4, -0.2) is 26.0 Å². The monoisotopic (exact) mass is 401 g/mol. The van der Waals surface area contributed by atoms with Crippen molar-refractivity contribution in [2.24, 2.45) is 0 Å². The molecule has 1 aromatic heterocycles. The third kappa shape index (κ3) is 4.38. The van der Waals surface area contributed by atoms with E-state index in [1.165, 1.54) is 0 Å². The molecule has 2 heterocycles. The lowest BCUT2D eigenvalue weighted by molar-refractivity contribution is 0.404. The zero-order chi connectivity index (χ0) is 15.6. The summed E-state index contributed by atoms with van der Waals surface area (Å²) in [5, 5.41) is 4.08. The highest BCUT2D eigenvalue weighted by Gasteiger charge is 2.27. The van der Waals surface area contributed by atoms with Gasteiger partial charge in [0.2, 0.25) is 0 Å². The minimum atomic E-state index is -2.84. The number of halogens is 1. The number of rotatable bonds is 5. The van der Waals surface area contributed by atoms with Crippen LogP contribution in [0.4, 0.5) is 0 Å². The van der Waals surface area contributed by atoms with Gasteiger partial charge in [-0.2, -0.15) is 0 Å². The number of sulfone groups is 1. The molecule has 1 N–H and O–H groups in total. The van der Waals surface area contributed by atoms with Crippen molar-refractivity contribution < 1.29 is 12.8 Å². The first-order valence-corrected chi connectivity index (χ1v) is 10.4. The van der Waals surface area contributed by atoms with Gasteiger partial charge in [0.05, 0.1) is 18.1 Å². The molecular weight excluding hydrogens is 386 g/mol. The van der Waals surface area contributed by atoms with E-state index in [2.05, 4.69) is 21.2 Å². The molecule has 0 spiro atoms. The van der Waals surface area contributed by atoms with Crippen LogP contribution in [0, 0.1) is 0 Å². The molecule has 0 saturated carbocycles. The van der Waals surface area contributed by atoms with E-state index in [1.807, 2.05) is 36.4 Å². The molecule has 118 valence electrons. The number of nitrogens with one attached hydrogen (secondary N) is 1. The molecule has 7 heteroatoms. The van der Waals surface area contributed by atoms with E-state index in [0.29, 0.717) is 13.0 Å². The first-order chi connectivity index (χ1) is 10.5. The van der Waals surface area contributed by atoms with Crippen molar-refractivity contribution in [2.45, 2.75) is 29.0 Å². The predicted molar refractivity (Wildman–Crippen MR) is 90.9 cm³/mol. The summed E-state index contributed by atoms with van der Waals surface area (Å²) < 4.78 is 29.6. The van der Waals surface area contributed by atoms with Crippen LogP contribution in [0.2, 0.25) is 0 Å². The van der Waals surface area contributed by atoms with Crippen molar-refractivity contribution in [3.63, 3.8) is 0 Å². The largest absolute Gasteiger partial charge is 0.453 e. The normalized spacial score (nSPS) is 20.3. The second-order valence-corrected chi connectivity index (χ2v) is 9.48. The molecule has 1 atom stereocenters. The third-order valence-electron chi connectivity index (χ3n) is 3.47. The summed E-state index contributed by atoms with van der Waals surface area (Å²) in [5.41, 5.74) is 0. The average molecular weight is 402 g/mol. The summed E-state index contributed by atoms with van der Waals surface area (Å²) in [6.45, 7) is 0.557. The zero-order valence-corrected chi connectivity index (χ0v) is 15.0. The van der Waals surface area contributed by atoms with Crippen molar-refractivity contribution in [1.29, 1.82) is 0 Å². The highest BCUT2D eigenvalue weighted by atomic mass is 79.9. The fraction of sp³-hybridized carbons (Fsp3) is 0.333. The Morgan fingerprint density at radius 2 is 2.00 bits per heavy atom. The van der Waals surface area contributed by atoms with Gasteiger partial charge in [-0.3, -0.25) is 0 Å². The summed E-state index contributed by atoms with van der Waals surface area (Å²) in [4.78, 5) is 1.11. The lowest BCUT2D eigenvalue weighted by Crippen LogP contribution is -2.29. The average Bonchev–Trinajstić information content (AvgIpc) is 3.05. The van der Waals surface area contributed by atoms with E-state index in [9.17, 15) is 8.42 Å². The molecule has 1 aliphatic heterocycles. The van der Waals surface area contributed by atoms with Gasteiger partial charge < -0.3 is 9.73 Å². The van der Waals surface area contributed by atoms with Crippen molar-refractivity contribution in [1.82, 2.24) is 5.32 Å². The Kier molecular flexibility index (Phi) is 4.97. The lowest BCUT2D eigenvalue weighted by Gasteiger charge is -2.08. The smallest absolute Gasteiger partial charge is 0.165 e. The second-order valence-electron chi connectivity index (χ2n) is 5.26. The minimum Gasteiger partial charge on any atom is -0.453 e. The fourth-order valence-corrected chi connectivity index (χ4v) is 5.09. The first-order valence-electron chi connectivity index (χ1n) is 6.96. The van der Waals surface area contributed by atoms with E-state index in [-0.39, 0.29) is 17.5 Å². The molecule has 2 aromatic rings. The van der Waals surface area contributed by atoms with Gasteiger partial charge in [0, 0.05) is 15.4 Å². The lowest BCUT2D eigenvalue weighted by atomic mass is 10.2. The zero-order valence-electron chi connectivity index (χ0n) is 11.8. The van der Waals surface area contributed by atoms with Crippen molar-refractivity contribution >= 4 is 37.5 Å². The van der Waals surface area contributed by atoms with Crippen LogP contribution in [-0.2, 0) is 16.4 Å². The van der Waals surface area contributed by atoms with Crippen LogP contribution < -0.4 is 5.32 Å². The summed E-state index contributed by atoms with van der Waals surface area (Å²) in [7, 11) is -2.84. The van der Waals surface area contributed by atoms with Gasteiger partial charge in [-0.05, 0) is 42.8 Å². The SMILES string of the molecule is O=S1(=O)CC[C@@H](NCc2ccc(Sc3ccc(Br)cc3)o2)C1. The fourth-order valence-electron chi connectivity index (χ4n) is 2.33. The number of hydrogen-bond donors (Lipinski definition) is 1. The maximum atomic E-state index is 11.4. The van der Waals surface area contributed by atoms with Crippen LogP contribution >= 0.6 is 27.7 Å². The number of hydrogen-bond acceptors (Lipinski definition) is 5. The van der Waals surface area contributed by atoms with Crippen molar-refractivity contribution in [3.8, 4) is 0 Å². The Balaban J connectivity index is 1.54. The highest BCUT2D eigenvalue weighted by molar-refractivity contribution is 9.10. The molecule has 3 rings (SSSR count).